The normalized spacial score (nSPS) is 18.8. The van der Waals surface area contributed by atoms with Crippen LogP contribution in [-0.4, -0.2) is 26.0 Å². The standard InChI is InChI=1S/C11H19N3O/c1-2-14-11(12-8-13-14)7-10(15)6-9-4-3-5-9/h8-10,15H,2-7H2,1H3. The minimum Gasteiger partial charge on any atom is -0.393 e. The van der Waals surface area contributed by atoms with Gasteiger partial charge < -0.3 is 5.11 Å². The van der Waals surface area contributed by atoms with E-state index in [1.165, 1.54) is 19.3 Å². The van der Waals surface area contributed by atoms with Gasteiger partial charge in [0.15, 0.2) is 0 Å². The summed E-state index contributed by atoms with van der Waals surface area (Å²) in [5, 5.41) is 14.0. The van der Waals surface area contributed by atoms with Crippen molar-refractivity contribution in [3.05, 3.63) is 12.2 Å². The fourth-order valence-corrected chi connectivity index (χ4v) is 2.12. The van der Waals surface area contributed by atoms with Crippen molar-refractivity contribution in [3.63, 3.8) is 0 Å². The van der Waals surface area contributed by atoms with E-state index in [0.717, 1.165) is 24.7 Å². The summed E-state index contributed by atoms with van der Waals surface area (Å²) in [6.45, 7) is 2.86. The minimum absolute atomic E-state index is 0.246. The van der Waals surface area contributed by atoms with Crippen LogP contribution in [0.2, 0.25) is 0 Å². The topological polar surface area (TPSA) is 50.9 Å². The van der Waals surface area contributed by atoms with E-state index < -0.39 is 0 Å². The molecule has 15 heavy (non-hydrogen) atoms. The van der Waals surface area contributed by atoms with Gasteiger partial charge in [0.25, 0.3) is 0 Å². The molecule has 0 amide bonds. The average Bonchev–Trinajstić information content (AvgIpc) is 2.59. The third-order valence-electron chi connectivity index (χ3n) is 3.24. The third kappa shape index (κ3) is 2.56. The maximum Gasteiger partial charge on any atom is 0.138 e. The van der Waals surface area contributed by atoms with Gasteiger partial charge in [-0.25, -0.2) is 4.98 Å². The number of aliphatic hydroxyl groups excluding tert-OH is 1. The van der Waals surface area contributed by atoms with Crippen LogP contribution < -0.4 is 0 Å². The summed E-state index contributed by atoms with van der Waals surface area (Å²) in [5.74, 6) is 1.65. The van der Waals surface area contributed by atoms with E-state index in [4.69, 9.17) is 0 Å². The lowest BCUT2D eigenvalue weighted by Gasteiger charge is -2.27. The summed E-state index contributed by atoms with van der Waals surface area (Å²) in [5.41, 5.74) is 0. The number of rotatable bonds is 5. The molecule has 1 heterocycles. The molecule has 0 aliphatic heterocycles. The van der Waals surface area contributed by atoms with Crippen molar-refractivity contribution in [2.45, 2.75) is 51.7 Å². The molecule has 1 unspecified atom stereocenters. The lowest BCUT2D eigenvalue weighted by molar-refractivity contribution is 0.115. The molecule has 0 spiro atoms. The smallest absolute Gasteiger partial charge is 0.138 e. The maximum atomic E-state index is 9.90. The van der Waals surface area contributed by atoms with Crippen molar-refractivity contribution in [2.75, 3.05) is 0 Å². The molecule has 84 valence electrons. The Morgan fingerprint density at radius 3 is 3.00 bits per heavy atom. The Morgan fingerprint density at radius 1 is 1.60 bits per heavy atom. The van der Waals surface area contributed by atoms with Crippen LogP contribution in [-0.2, 0) is 13.0 Å². The Morgan fingerprint density at radius 2 is 2.40 bits per heavy atom. The second-order valence-corrected chi connectivity index (χ2v) is 4.38. The van der Waals surface area contributed by atoms with Gasteiger partial charge >= 0.3 is 0 Å². The van der Waals surface area contributed by atoms with Gasteiger partial charge in [0.1, 0.15) is 12.2 Å². The molecule has 1 atom stereocenters. The average molecular weight is 209 g/mol. The Kier molecular flexibility index (Phi) is 3.36. The highest BCUT2D eigenvalue weighted by Crippen LogP contribution is 2.30. The molecule has 0 bridgehead atoms. The van der Waals surface area contributed by atoms with E-state index in [-0.39, 0.29) is 6.10 Å². The molecule has 4 heteroatoms. The zero-order chi connectivity index (χ0) is 10.7. The van der Waals surface area contributed by atoms with Crippen molar-refractivity contribution in [3.8, 4) is 0 Å². The predicted octanol–water partition coefficient (Wildman–Crippen LogP) is 1.39. The van der Waals surface area contributed by atoms with Crippen molar-refractivity contribution >= 4 is 0 Å². The summed E-state index contributed by atoms with van der Waals surface area (Å²) in [6.07, 6.45) is 6.80. The van der Waals surface area contributed by atoms with Gasteiger partial charge in [0, 0.05) is 13.0 Å². The van der Waals surface area contributed by atoms with Crippen LogP contribution in [0.25, 0.3) is 0 Å². The van der Waals surface area contributed by atoms with E-state index in [2.05, 4.69) is 10.1 Å². The number of nitrogens with zero attached hydrogens (tertiary/aromatic N) is 3. The highest BCUT2D eigenvalue weighted by molar-refractivity contribution is 4.88. The Hall–Kier alpha value is -0.900. The Bertz CT molecular complexity index is 307. The fourth-order valence-electron chi connectivity index (χ4n) is 2.12. The maximum absolute atomic E-state index is 9.90. The highest BCUT2D eigenvalue weighted by atomic mass is 16.3. The van der Waals surface area contributed by atoms with Gasteiger partial charge in [-0.1, -0.05) is 19.3 Å². The second kappa shape index (κ2) is 4.75. The first-order valence-corrected chi connectivity index (χ1v) is 5.84. The number of aliphatic hydroxyl groups is 1. The van der Waals surface area contributed by atoms with E-state index in [1.54, 1.807) is 6.33 Å². The van der Waals surface area contributed by atoms with Crippen molar-refractivity contribution in [1.82, 2.24) is 14.8 Å². The molecule has 1 N–H and O–H groups in total. The summed E-state index contributed by atoms with van der Waals surface area (Å²) in [4.78, 5) is 4.17. The van der Waals surface area contributed by atoms with Gasteiger partial charge in [0.05, 0.1) is 6.10 Å². The molecular weight excluding hydrogens is 190 g/mol. The quantitative estimate of drug-likeness (QED) is 0.797. The Labute approximate surface area is 90.3 Å². The van der Waals surface area contributed by atoms with E-state index in [9.17, 15) is 5.11 Å². The predicted molar refractivity (Wildman–Crippen MR) is 57.4 cm³/mol. The van der Waals surface area contributed by atoms with Crippen LogP contribution in [0.1, 0.15) is 38.4 Å². The monoisotopic (exact) mass is 209 g/mol. The number of hydrogen-bond donors (Lipinski definition) is 1. The summed E-state index contributed by atoms with van der Waals surface area (Å²) in [6, 6.07) is 0. The second-order valence-electron chi connectivity index (χ2n) is 4.38. The van der Waals surface area contributed by atoms with Crippen molar-refractivity contribution < 1.29 is 5.11 Å². The van der Waals surface area contributed by atoms with Gasteiger partial charge in [-0.3, -0.25) is 4.68 Å². The van der Waals surface area contributed by atoms with Crippen LogP contribution in [0.15, 0.2) is 6.33 Å². The van der Waals surface area contributed by atoms with Crippen LogP contribution in [0.5, 0.6) is 0 Å². The molecule has 1 fully saturated rings. The number of aromatic nitrogens is 3. The molecular formula is C11H19N3O. The molecule has 1 aromatic rings. The van der Waals surface area contributed by atoms with Gasteiger partial charge in [-0.05, 0) is 19.3 Å². The largest absolute Gasteiger partial charge is 0.393 e. The first-order valence-electron chi connectivity index (χ1n) is 5.84. The summed E-state index contributed by atoms with van der Waals surface area (Å²) >= 11 is 0. The number of aryl methyl sites for hydroxylation is 1. The van der Waals surface area contributed by atoms with E-state index in [1.807, 2.05) is 11.6 Å². The molecule has 2 rings (SSSR count). The minimum atomic E-state index is -0.246. The Balaban J connectivity index is 1.84. The summed E-state index contributed by atoms with van der Waals surface area (Å²) in [7, 11) is 0. The van der Waals surface area contributed by atoms with Gasteiger partial charge in [-0.2, -0.15) is 5.10 Å². The molecule has 1 aromatic heterocycles. The fraction of sp³-hybridized carbons (Fsp3) is 0.818. The van der Waals surface area contributed by atoms with Crippen LogP contribution in [0.4, 0.5) is 0 Å². The molecule has 0 aromatic carbocycles. The first kappa shape index (κ1) is 10.6. The molecule has 1 aliphatic rings. The SMILES string of the molecule is CCn1ncnc1CC(O)CC1CCC1. The van der Waals surface area contributed by atoms with Crippen molar-refractivity contribution in [1.29, 1.82) is 0 Å². The zero-order valence-electron chi connectivity index (χ0n) is 9.26. The van der Waals surface area contributed by atoms with E-state index in [0.29, 0.717) is 6.42 Å². The molecule has 0 radical (unpaired) electrons. The van der Waals surface area contributed by atoms with Crippen LogP contribution in [0.3, 0.4) is 0 Å². The van der Waals surface area contributed by atoms with Crippen LogP contribution in [0, 0.1) is 5.92 Å². The lowest BCUT2D eigenvalue weighted by atomic mass is 9.81. The van der Waals surface area contributed by atoms with Crippen molar-refractivity contribution in [2.24, 2.45) is 5.92 Å². The molecule has 1 aliphatic carbocycles. The number of hydrogen-bond acceptors (Lipinski definition) is 3. The zero-order valence-corrected chi connectivity index (χ0v) is 9.26. The first-order chi connectivity index (χ1) is 7.29. The molecule has 0 saturated heterocycles. The van der Waals surface area contributed by atoms with Gasteiger partial charge in [0.2, 0.25) is 0 Å². The third-order valence-corrected chi connectivity index (χ3v) is 3.24. The lowest BCUT2D eigenvalue weighted by Crippen LogP contribution is -2.22. The van der Waals surface area contributed by atoms with E-state index >= 15 is 0 Å². The van der Waals surface area contributed by atoms with Gasteiger partial charge in [-0.15, -0.1) is 0 Å². The highest BCUT2D eigenvalue weighted by Gasteiger charge is 2.21. The molecule has 4 nitrogen and oxygen atoms in total. The summed E-state index contributed by atoms with van der Waals surface area (Å²) < 4.78 is 1.85. The van der Waals surface area contributed by atoms with Crippen LogP contribution >= 0.6 is 0 Å². The molecule has 1 saturated carbocycles.